The molecule has 0 unspecified atom stereocenters. The lowest BCUT2D eigenvalue weighted by atomic mass is 10.2. The number of hydrogen-bond donors (Lipinski definition) is 2. The summed E-state index contributed by atoms with van der Waals surface area (Å²) in [6, 6.07) is 0. The topological polar surface area (TPSA) is 41.1 Å². The van der Waals surface area contributed by atoms with Crippen molar-refractivity contribution < 1.29 is 4.79 Å². The van der Waals surface area contributed by atoms with Crippen LogP contribution in [0.25, 0.3) is 0 Å². The van der Waals surface area contributed by atoms with Crippen molar-refractivity contribution in [3.8, 4) is 0 Å². The molecule has 88 valence electrons. The van der Waals surface area contributed by atoms with Crippen molar-refractivity contribution in [1.29, 1.82) is 0 Å². The van der Waals surface area contributed by atoms with Gasteiger partial charge in [0, 0.05) is 6.54 Å². The molecule has 0 bridgehead atoms. The molecule has 0 fully saturated rings. The normalized spacial score (nSPS) is 9.93. The molecule has 0 aliphatic rings. The zero-order chi connectivity index (χ0) is 11.4. The van der Waals surface area contributed by atoms with Gasteiger partial charge in [0.2, 0.25) is 5.91 Å². The molecule has 0 radical (unpaired) electrons. The number of carbonyl (C=O) groups is 1. The van der Waals surface area contributed by atoms with E-state index in [0.717, 1.165) is 32.5 Å². The Kier molecular flexibility index (Phi) is 10.6. The molecule has 3 nitrogen and oxygen atoms in total. The van der Waals surface area contributed by atoms with Crippen molar-refractivity contribution >= 4 is 5.91 Å². The van der Waals surface area contributed by atoms with Crippen LogP contribution in [-0.4, -0.2) is 25.5 Å². The van der Waals surface area contributed by atoms with Crippen molar-refractivity contribution in [2.45, 2.75) is 39.0 Å². The van der Waals surface area contributed by atoms with Crippen molar-refractivity contribution in [2.75, 3.05) is 19.6 Å². The Labute approximate surface area is 93.3 Å². The van der Waals surface area contributed by atoms with Gasteiger partial charge in [0.15, 0.2) is 0 Å². The second-order valence-corrected chi connectivity index (χ2v) is 3.66. The van der Waals surface area contributed by atoms with E-state index in [-0.39, 0.29) is 5.91 Å². The predicted octanol–water partition coefficient (Wildman–Crippen LogP) is 1.85. The molecule has 0 rings (SSSR count). The van der Waals surface area contributed by atoms with Gasteiger partial charge in [0.05, 0.1) is 0 Å². The van der Waals surface area contributed by atoms with E-state index >= 15 is 0 Å². The first-order valence-corrected chi connectivity index (χ1v) is 5.92. The molecule has 2 N–H and O–H groups in total. The second kappa shape index (κ2) is 11.2. The van der Waals surface area contributed by atoms with Gasteiger partial charge in [-0.1, -0.05) is 26.3 Å². The lowest BCUT2D eigenvalue weighted by molar-refractivity contribution is -0.116. The third kappa shape index (κ3) is 11.1. The molecule has 15 heavy (non-hydrogen) atoms. The molecule has 0 aliphatic heterocycles. The molecular formula is C12H24N2O. The van der Waals surface area contributed by atoms with Crippen molar-refractivity contribution in [3.05, 3.63) is 12.7 Å². The minimum absolute atomic E-state index is 0.0779. The van der Waals surface area contributed by atoms with E-state index in [1.165, 1.54) is 25.3 Å². The van der Waals surface area contributed by atoms with Crippen molar-refractivity contribution in [2.24, 2.45) is 0 Å². The van der Waals surface area contributed by atoms with Crippen LogP contribution in [0.1, 0.15) is 39.0 Å². The van der Waals surface area contributed by atoms with E-state index in [2.05, 4.69) is 24.1 Å². The average Bonchev–Trinajstić information content (AvgIpc) is 2.26. The van der Waals surface area contributed by atoms with Gasteiger partial charge in [0.1, 0.15) is 0 Å². The number of hydrogen-bond acceptors (Lipinski definition) is 2. The summed E-state index contributed by atoms with van der Waals surface area (Å²) in [5, 5.41) is 6.15. The molecule has 0 atom stereocenters. The van der Waals surface area contributed by atoms with Gasteiger partial charge < -0.3 is 10.6 Å². The largest absolute Gasteiger partial charge is 0.353 e. The fraction of sp³-hybridized carbons (Fsp3) is 0.750. The summed E-state index contributed by atoms with van der Waals surface area (Å²) in [5.41, 5.74) is 0. The second-order valence-electron chi connectivity index (χ2n) is 3.66. The molecule has 0 spiro atoms. The first-order valence-electron chi connectivity index (χ1n) is 5.92. The summed E-state index contributed by atoms with van der Waals surface area (Å²) < 4.78 is 0. The Morgan fingerprint density at radius 3 is 2.33 bits per heavy atom. The number of nitrogens with one attached hydrogen (secondary N) is 2. The molecule has 3 heteroatoms. The number of amides is 1. The number of unbranched alkanes of at least 4 members (excludes halogenated alkanes) is 3. The Bertz CT molecular complexity index is 169. The molecule has 0 heterocycles. The molecular weight excluding hydrogens is 188 g/mol. The highest BCUT2D eigenvalue weighted by Gasteiger charge is 1.92. The Balaban J connectivity index is 2.98. The van der Waals surface area contributed by atoms with Crippen LogP contribution >= 0.6 is 0 Å². The molecule has 0 saturated carbocycles. The van der Waals surface area contributed by atoms with Crippen molar-refractivity contribution in [1.82, 2.24) is 10.6 Å². The van der Waals surface area contributed by atoms with Crippen LogP contribution in [0, 0.1) is 0 Å². The SMILES string of the molecule is C=CC(=O)NCCCCNCCCCC. The fourth-order valence-corrected chi connectivity index (χ4v) is 1.28. The maximum Gasteiger partial charge on any atom is 0.243 e. The molecule has 1 amide bonds. The molecule has 0 aromatic heterocycles. The Morgan fingerprint density at radius 1 is 1.13 bits per heavy atom. The van der Waals surface area contributed by atoms with Gasteiger partial charge >= 0.3 is 0 Å². The van der Waals surface area contributed by atoms with E-state index < -0.39 is 0 Å². The van der Waals surface area contributed by atoms with Crippen LogP contribution in [-0.2, 0) is 4.79 Å². The van der Waals surface area contributed by atoms with Crippen LogP contribution in [0.15, 0.2) is 12.7 Å². The smallest absolute Gasteiger partial charge is 0.243 e. The minimum atomic E-state index is -0.0779. The highest BCUT2D eigenvalue weighted by molar-refractivity contribution is 5.86. The van der Waals surface area contributed by atoms with Gasteiger partial charge in [0.25, 0.3) is 0 Å². The van der Waals surface area contributed by atoms with Crippen LogP contribution in [0.5, 0.6) is 0 Å². The van der Waals surface area contributed by atoms with Gasteiger partial charge in [-0.15, -0.1) is 0 Å². The summed E-state index contributed by atoms with van der Waals surface area (Å²) in [4.78, 5) is 10.8. The summed E-state index contributed by atoms with van der Waals surface area (Å²) in [6.45, 7) is 8.52. The standard InChI is InChI=1S/C12H24N2O/c1-3-5-6-9-13-10-7-8-11-14-12(15)4-2/h4,13H,2-3,5-11H2,1H3,(H,14,15). The lowest BCUT2D eigenvalue weighted by Gasteiger charge is -2.04. The highest BCUT2D eigenvalue weighted by Crippen LogP contribution is 1.91. The van der Waals surface area contributed by atoms with E-state index in [4.69, 9.17) is 0 Å². The lowest BCUT2D eigenvalue weighted by Crippen LogP contribution is -2.23. The first kappa shape index (κ1) is 14.2. The van der Waals surface area contributed by atoms with Gasteiger partial charge in [-0.3, -0.25) is 4.79 Å². The first-order chi connectivity index (χ1) is 7.31. The van der Waals surface area contributed by atoms with Crippen LogP contribution in [0.3, 0.4) is 0 Å². The Morgan fingerprint density at radius 2 is 1.73 bits per heavy atom. The van der Waals surface area contributed by atoms with Gasteiger partial charge in [-0.05, 0) is 38.4 Å². The molecule has 0 saturated heterocycles. The molecule has 0 aromatic rings. The summed E-state index contributed by atoms with van der Waals surface area (Å²) in [7, 11) is 0. The number of rotatable bonds is 10. The quantitative estimate of drug-likeness (QED) is 0.428. The zero-order valence-electron chi connectivity index (χ0n) is 9.85. The Hall–Kier alpha value is -0.830. The fourth-order valence-electron chi connectivity index (χ4n) is 1.28. The van der Waals surface area contributed by atoms with E-state index in [0.29, 0.717) is 0 Å². The maximum absolute atomic E-state index is 10.8. The molecule has 0 aromatic carbocycles. The number of carbonyl (C=O) groups excluding carboxylic acids is 1. The third-order valence-electron chi connectivity index (χ3n) is 2.22. The highest BCUT2D eigenvalue weighted by atomic mass is 16.1. The summed E-state index contributed by atoms with van der Waals surface area (Å²) >= 11 is 0. The van der Waals surface area contributed by atoms with Crippen molar-refractivity contribution in [3.63, 3.8) is 0 Å². The minimum Gasteiger partial charge on any atom is -0.353 e. The van der Waals surface area contributed by atoms with Crippen LogP contribution in [0.4, 0.5) is 0 Å². The zero-order valence-corrected chi connectivity index (χ0v) is 9.85. The van der Waals surface area contributed by atoms with Gasteiger partial charge in [-0.2, -0.15) is 0 Å². The average molecular weight is 212 g/mol. The van der Waals surface area contributed by atoms with Gasteiger partial charge in [-0.25, -0.2) is 0 Å². The van der Waals surface area contributed by atoms with Crippen LogP contribution < -0.4 is 10.6 Å². The summed E-state index contributed by atoms with van der Waals surface area (Å²) in [5.74, 6) is -0.0779. The maximum atomic E-state index is 10.8. The predicted molar refractivity (Wildman–Crippen MR) is 64.8 cm³/mol. The van der Waals surface area contributed by atoms with Crippen LogP contribution in [0.2, 0.25) is 0 Å². The summed E-state index contributed by atoms with van der Waals surface area (Å²) in [6.07, 6.45) is 7.30. The van der Waals surface area contributed by atoms with E-state index in [1.807, 2.05) is 0 Å². The monoisotopic (exact) mass is 212 g/mol. The third-order valence-corrected chi connectivity index (χ3v) is 2.22. The molecule has 0 aliphatic carbocycles. The van der Waals surface area contributed by atoms with E-state index in [9.17, 15) is 4.79 Å². The van der Waals surface area contributed by atoms with E-state index in [1.54, 1.807) is 0 Å².